The Morgan fingerprint density at radius 2 is 1.88 bits per heavy atom. The monoisotopic (exact) mass is 225 g/mol. The molecule has 1 aromatic carbocycles. The standard InChI is InChI=1S/C7H7F.C5H11N.C2H6/c1-6-3-2-4-7(8)5-6;1-4-5(2)6-3;1-2/h2-5H,1H3;4,6H,1-3H3;1-2H3/b;5-4-;. The fourth-order valence-corrected chi connectivity index (χ4v) is 0.750. The normalized spacial score (nSPS) is 9.31. The van der Waals surface area contributed by atoms with Gasteiger partial charge in [-0.15, -0.1) is 0 Å². The molecule has 0 aliphatic rings. The first-order chi connectivity index (χ1) is 7.60. The largest absolute Gasteiger partial charge is 0.392 e. The van der Waals surface area contributed by atoms with Crippen molar-refractivity contribution < 1.29 is 4.39 Å². The average Bonchev–Trinajstić information content (AvgIpc) is 2.31. The van der Waals surface area contributed by atoms with Crippen LogP contribution in [0, 0.1) is 12.7 Å². The Labute approximate surface area is 99.4 Å². The summed E-state index contributed by atoms with van der Waals surface area (Å²) < 4.78 is 12.2. The summed E-state index contributed by atoms with van der Waals surface area (Å²) in [5.74, 6) is -0.162. The third-order valence-corrected chi connectivity index (χ3v) is 1.81. The minimum Gasteiger partial charge on any atom is -0.392 e. The highest BCUT2D eigenvalue weighted by Crippen LogP contribution is 1.99. The van der Waals surface area contributed by atoms with Crippen molar-refractivity contribution in [1.82, 2.24) is 5.32 Å². The first-order valence-corrected chi connectivity index (χ1v) is 5.63. The summed E-state index contributed by atoms with van der Waals surface area (Å²) in [4.78, 5) is 0. The number of hydrogen-bond acceptors (Lipinski definition) is 1. The Bertz CT molecular complexity index is 275. The fourth-order valence-electron chi connectivity index (χ4n) is 0.750. The molecule has 0 amide bonds. The first-order valence-electron chi connectivity index (χ1n) is 5.63. The van der Waals surface area contributed by atoms with E-state index in [4.69, 9.17) is 0 Å². The molecule has 0 aromatic heterocycles. The van der Waals surface area contributed by atoms with Crippen LogP contribution in [0.5, 0.6) is 0 Å². The summed E-state index contributed by atoms with van der Waals surface area (Å²) in [6, 6.07) is 6.50. The van der Waals surface area contributed by atoms with Gasteiger partial charge in [-0.3, -0.25) is 0 Å². The minimum absolute atomic E-state index is 0.162. The Morgan fingerprint density at radius 3 is 2.06 bits per heavy atom. The van der Waals surface area contributed by atoms with Crippen LogP contribution in [0.2, 0.25) is 0 Å². The second-order valence-electron chi connectivity index (χ2n) is 3.02. The van der Waals surface area contributed by atoms with Crippen LogP contribution in [-0.2, 0) is 0 Å². The Morgan fingerprint density at radius 1 is 1.31 bits per heavy atom. The Balaban J connectivity index is 0. The van der Waals surface area contributed by atoms with Gasteiger partial charge in [0.2, 0.25) is 0 Å². The number of benzene rings is 1. The van der Waals surface area contributed by atoms with E-state index in [1.54, 1.807) is 6.07 Å². The number of halogens is 1. The van der Waals surface area contributed by atoms with Crippen LogP contribution >= 0.6 is 0 Å². The first kappa shape index (κ1) is 17.1. The third kappa shape index (κ3) is 10.8. The zero-order valence-electron chi connectivity index (χ0n) is 11.3. The van der Waals surface area contributed by atoms with Crippen molar-refractivity contribution >= 4 is 0 Å². The highest BCUT2D eigenvalue weighted by atomic mass is 19.1. The molecule has 1 nitrogen and oxygen atoms in total. The molecule has 1 rings (SSSR count). The van der Waals surface area contributed by atoms with Gasteiger partial charge in [-0.05, 0) is 38.5 Å². The van der Waals surface area contributed by atoms with E-state index in [9.17, 15) is 4.39 Å². The molecule has 16 heavy (non-hydrogen) atoms. The van der Waals surface area contributed by atoms with Crippen molar-refractivity contribution in [3.8, 4) is 0 Å². The van der Waals surface area contributed by atoms with E-state index in [1.807, 2.05) is 53.8 Å². The summed E-state index contributed by atoms with van der Waals surface area (Å²) in [6.45, 7) is 9.90. The molecular weight excluding hydrogens is 201 g/mol. The number of allylic oxidation sites excluding steroid dienone is 2. The van der Waals surface area contributed by atoms with Gasteiger partial charge >= 0.3 is 0 Å². The molecule has 1 N–H and O–H groups in total. The third-order valence-electron chi connectivity index (χ3n) is 1.81. The molecule has 0 spiro atoms. The average molecular weight is 225 g/mol. The van der Waals surface area contributed by atoms with Crippen molar-refractivity contribution in [3.63, 3.8) is 0 Å². The van der Waals surface area contributed by atoms with Crippen LogP contribution in [-0.4, -0.2) is 7.05 Å². The van der Waals surface area contributed by atoms with Crippen LogP contribution in [0.25, 0.3) is 0 Å². The van der Waals surface area contributed by atoms with Crippen LogP contribution in [0.4, 0.5) is 4.39 Å². The lowest BCUT2D eigenvalue weighted by atomic mass is 10.2. The van der Waals surface area contributed by atoms with Crippen molar-refractivity contribution in [1.29, 1.82) is 0 Å². The van der Waals surface area contributed by atoms with Gasteiger partial charge in [-0.2, -0.15) is 0 Å². The molecule has 0 saturated carbocycles. The molecule has 0 radical (unpaired) electrons. The van der Waals surface area contributed by atoms with Crippen LogP contribution in [0.1, 0.15) is 33.3 Å². The van der Waals surface area contributed by atoms with E-state index in [2.05, 4.69) is 5.32 Å². The van der Waals surface area contributed by atoms with Gasteiger partial charge in [0.05, 0.1) is 0 Å². The number of hydrogen-bond donors (Lipinski definition) is 1. The highest BCUT2D eigenvalue weighted by Gasteiger charge is 1.84. The number of rotatable bonds is 1. The van der Waals surface area contributed by atoms with Crippen LogP contribution < -0.4 is 5.32 Å². The van der Waals surface area contributed by atoms with Crippen molar-refractivity contribution in [2.75, 3.05) is 7.05 Å². The topological polar surface area (TPSA) is 12.0 Å². The quantitative estimate of drug-likeness (QED) is 0.751. The minimum atomic E-state index is -0.162. The SMILES string of the molecule is C/C=C(/C)NC.CC.Cc1cccc(F)c1. The second kappa shape index (κ2) is 11.8. The summed E-state index contributed by atoms with van der Waals surface area (Å²) in [5, 5.41) is 2.98. The van der Waals surface area contributed by atoms with Gasteiger partial charge in [0.1, 0.15) is 5.82 Å². The molecule has 0 fully saturated rings. The molecule has 0 saturated heterocycles. The fraction of sp³-hybridized carbons (Fsp3) is 0.429. The zero-order chi connectivity index (χ0) is 13.0. The summed E-state index contributed by atoms with van der Waals surface area (Å²) in [5.41, 5.74) is 2.18. The lowest BCUT2D eigenvalue weighted by molar-refractivity contribution is 0.626. The molecular formula is C14H24FN. The molecule has 0 bridgehead atoms. The van der Waals surface area contributed by atoms with E-state index in [0.29, 0.717) is 0 Å². The van der Waals surface area contributed by atoms with Crippen LogP contribution in [0.15, 0.2) is 36.0 Å². The van der Waals surface area contributed by atoms with E-state index < -0.39 is 0 Å². The van der Waals surface area contributed by atoms with Gasteiger partial charge in [0.25, 0.3) is 0 Å². The van der Waals surface area contributed by atoms with Gasteiger partial charge in [-0.1, -0.05) is 32.1 Å². The van der Waals surface area contributed by atoms with Crippen molar-refractivity contribution in [2.45, 2.75) is 34.6 Å². The smallest absolute Gasteiger partial charge is 0.123 e. The summed E-state index contributed by atoms with van der Waals surface area (Å²) >= 11 is 0. The van der Waals surface area contributed by atoms with E-state index in [-0.39, 0.29) is 5.82 Å². The van der Waals surface area contributed by atoms with E-state index >= 15 is 0 Å². The maximum absolute atomic E-state index is 12.2. The predicted molar refractivity (Wildman–Crippen MR) is 71.0 cm³/mol. The predicted octanol–water partition coefficient (Wildman–Crippen LogP) is 4.29. The van der Waals surface area contributed by atoms with Gasteiger partial charge in [-0.25, -0.2) is 4.39 Å². The van der Waals surface area contributed by atoms with E-state index in [0.717, 1.165) is 5.56 Å². The van der Waals surface area contributed by atoms with Gasteiger partial charge < -0.3 is 5.32 Å². The summed E-state index contributed by atoms with van der Waals surface area (Å²) in [6.07, 6.45) is 2.03. The number of nitrogens with one attached hydrogen (secondary N) is 1. The molecule has 0 unspecified atom stereocenters. The Hall–Kier alpha value is -1.31. The maximum Gasteiger partial charge on any atom is 0.123 e. The molecule has 0 aliphatic carbocycles. The lowest BCUT2D eigenvalue weighted by Gasteiger charge is -1.91. The molecule has 0 aliphatic heterocycles. The van der Waals surface area contributed by atoms with Gasteiger partial charge in [0, 0.05) is 12.7 Å². The zero-order valence-corrected chi connectivity index (χ0v) is 11.3. The second-order valence-corrected chi connectivity index (χ2v) is 3.02. The van der Waals surface area contributed by atoms with Crippen LogP contribution in [0.3, 0.4) is 0 Å². The van der Waals surface area contributed by atoms with Gasteiger partial charge in [0.15, 0.2) is 0 Å². The molecule has 1 aromatic rings. The number of aryl methyl sites for hydroxylation is 1. The lowest BCUT2D eigenvalue weighted by Crippen LogP contribution is -1.99. The molecule has 0 atom stereocenters. The highest BCUT2D eigenvalue weighted by molar-refractivity contribution is 5.13. The van der Waals surface area contributed by atoms with E-state index in [1.165, 1.54) is 17.8 Å². The molecule has 2 heteroatoms. The molecule has 92 valence electrons. The maximum atomic E-state index is 12.2. The van der Waals surface area contributed by atoms with Crippen molar-refractivity contribution in [3.05, 3.63) is 47.4 Å². The Kier molecular flexibility index (Phi) is 12.6. The van der Waals surface area contributed by atoms with Crippen molar-refractivity contribution in [2.24, 2.45) is 0 Å². The summed E-state index contributed by atoms with van der Waals surface area (Å²) in [7, 11) is 1.91. The molecule has 0 heterocycles.